The second kappa shape index (κ2) is 7.36. The number of aryl methyl sites for hydroxylation is 1. The molecule has 0 saturated carbocycles. The molecule has 0 fully saturated rings. The van der Waals surface area contributed by atoms with Gasteiger partial charge in [0.2, 0.25) is 5.91 Å². The van der Waals surface area contributed by atoms with Gasteiger partial charge in [0, 0.05) is 10.5 Å². The molecular formula is C15H19BrN4O. The molecule has 1 aromatic carbocycles. The van der Waals surface area contributed by atoms with Gasteiger partial charge in [0.1, 0.15) is 18.7 Å². The summed E-state index contributed by atoms with van der Waals surface area (Å²) in [6, 6.07) is 8.03. The van der Waals surface area contributed by atoms with Gasteiger partial charge in [-0.2, -0.15) is 5.10 Å². The summed E-state index contributed by atoms with van der Waals surface area (Å²) in [4.78, 5) is 16.0. The van der Waals surface area contributed by atoms with E-state index in [2.05, 4.69) is 43.5 Å². The Morgan fingerprint density at radius 2 is 2.05 bits per heavy atom. The first-order chi connectivity index (χ1) is 10.1. The van der Waals surface area contributed by atoms with E-state index < -0.39 is 0 Å². The standard InChI is InChI=1S/C15H19BrN4O/c1-11(3-4-13-5-7-14(16)8-6-13)19-15(21)12(2)20-10-17-9-18-20/h5-12H,3-4H2,1-2H3,(H,19,21). The van der Waals surface area contributed by atoms with Crippen LogP contribution in [0.2, 0.25) is 0 Å². The lowest BCUT2D eigenvalue weighted by Gasteiger charge is -2.17. The Labute approximate surface area is 132 Å². The summed E-state index contributed by atoms with van der Waals surface area (Å²) in [5.74, 6) is -0.0381. The lowest BCUT2D eigenvalue weighted by molar-refractivity contribution is -0.124. The number of hydrogen-bond acceptors (Lipinski definition) is 3. The van der Waals surface area contributed by atoms with Crippen LogP contribution in [-0.2, 0) is 11.2 Å². The van der Waals surface area contributed by atoms with Crippen molar-refractivity contribution >= 4 is 21.8 Å². The summed E-state index contributed by atoms with van der Waals surface area (Å²) in [7, 11) is 0. The van der Waals surface area contributed by atoms with Crippen molar-refractivity contribution in [2.45, 2.75) is 38.8 Å². The number of benzene rings is 1. The maximum absolute atomic E-state index is 12.1. The van der Waals surface area contributed by atoms with E-state index in [1.165, 1.54) is 11.9 Å². The van der Waals surface area contributed by atoms with Crippen LogP contribution in [0.25, 0.3) is 0 Å². The van der Waals surface area contributed by atoms with Crippen LogP contribution in [0.4, 0.5) is 0 Å². The predicted octanol–water partition coefficient (Wildman–Crippen LogP) is 2.74. The van der Waals surface area contributed by atoms with Gasteiger partial charge < -0.3 is 5.32 Å². The number of carbonyl (C=O) groups excluding carboxylic acids is 1. The molecule has 2 aromatic rings. The van der Waals surface area contributed by atoms with E-state index in [1.807, 2.05) is 26.0 Å². The Morgan fingerprint density at radius 1 is 1.33 bits per heavy atom. The largest absolute Gasteiger partial charge is 0.352 e. The van der Waals surface area contributed by atoms with Crippen molar-refractivity contribution in [2.24, 2.45) is 0 Å². The Hall–Kier alpha value is -1.69. The zero-order chi connectivity index (χ0) is 15.2. The van der Waals surface area contributed by atoms with Gasteiger partial charge in [-0.1, -0.05) is 28.1 Å². The molecule has 6 heteroatoms. The Balaban J connectivity index is 1.80. The zero-order valence-electron chi connectivity index (χ0n) is 12.2. The average molecular weight is 351 g/mol. The lowest BCUT2D eigenvalue weighted by atomic mass is 10.1. The minimum atomic E-state index is -0.345. The molecule has 0 saturated heterocycles. The first kappa shape index (κ1) is 15.7. The molecule has 21 heavy (non-hydrogen) atoms. The van der Waals surface area contributed by atoms with Gasteiger partial charge in [0.25, 0.3) is 0 Å². The van der Waals surface area contributed by atoms with E-state index in [0.717, 1.165) is 17.3 Å². The summed E-state index contributed by atoms with van der Waals surface area (Å²) in [6.07, 6.45) is 4.82. The van der Waals surface area contributed by atoms with Crippen LogP contribution in [-0.4, -0.2) is 26.7 Å². The highest BCUT2D eigenvalue weighted by Gasteiger charge is 2.17. The Kier molecular flexibility index (Phi) is 5.50. The van der Waals surface area contributed by atoms with Gasteiger partial charge in [-0.3, -0.25) is 4.79 Å². The normalized spacial score (nSPS) is 13.7. The number of hydrogen-bond donors (Lipinski definition) is 1. The van der Waals surface area contributed by atoms with Crippen LogP contribution in [0.3, 0.4) is 0 Å². The molecule has 0 bridgehead atoms. The minimum absolute atomic E-state index is 0.0381. The smallest absolute Gasteiger partial charge is 0.244 e. The van der Waals surface area contributed by atoms with Crippen molar-refractivity contribution in [3.05, 3.63) is 47.0 Å². The summed E-state index contributed by atoms with van der Waals surface area (Å²) in [5.41, 5.74) is 1.27. The van der Waals surface area contributed by atoms with E-state index in [-0.39, 0.29) is 18.0 Å². The van der Waals surface area contributed by atoms with Crippen LogP contribution in [0.15, 0.2) is 41.4 Å². The Morgan fingerprint density at radius 3 is 2.67 bits per heavy atom. The summed E-state index contributed by atoms with van der Waals surface area (Å²) >= 11 is 3.42. The summed E-state index contributed by atoms with van der Waals surface area (Å²) in [5, 5.41) is 7.00. The van der Waals surface area contributed by atoms with Crippen molar-refractivity contribution in [3.63, 3.8) is 0 Å². The molecule has 2 unspecified atom stereocenters. The average Bonchev–Trinajstić information content (AvgIpc) is 3.00. The SMILES string of the molecule is CC(CCc1ccc(Br)cc1)NC(=O)C(C)n1cncn1. The van der Waals surface area contributed by atoms with Crippen LogP contribution in [0, 0.1) is 0 Å². The van der Waals surface area contributed by atoms with Crippen molar-refractivity contribution < 1.29 is 4.79 Å². The van der Waals surface area contributed by atoms with E-state index in [9.17, 15) is 4.79 Å². The van der Waals surface area contributed by atoms with E-state index in [1.54, 1.807) is 11.0 Å². The number of nitrogens with one attached hydrogen (secondary N) is 1. The van der Waals surface area contributed by atoms with Crippen LogP contribution in [0.1, 0.15) is 31.9 Å². The number of nitrogens with zero attached hydrogens (tertiary/aromatic N) is 3. The van der Waals surface area contributed by atoms with Crippen molar-refractivity contribution in [1.29, 1.82) is 0 Å². The fraction of sp³-hybridized carbons (Fsp3) is 0.400. The maximum atomic E-state index is 12.1. The van der Waals surface area contributed by atoms with E-state index in [0.29, 0.717) is 0 Å². The topological polar surface area (TPSA) is 59.8 Å². The zero-order valence-corrected chi connectivity index (χ0v) is 13.7. The van der Waals surface area contributed by atoms with E-state index >= 15 is 0 Å². The first-order valence-electron chi connectivity index (χ1n) is 6.95. The molecule has 0 aliphatic carbocycles. The van der Waals surface area contributed by atoms with Crippen LogP contribution in [0.5, 0.6) is 0 Å². The molecule has 0 radical (unpaired) electrons. The van der Waals surface area contributed by atoms with Gasteiger partial charge >= 0.3 is 0 Å². The summed E-state index contributed by atoms with van der Waals surface area (Å²) < 4.78 is 2.63. The van der Waals surface area contributed by atoms with Crippen molar-refractivity contribution in [2.75, 3.05) is 0 Å². The number of halogens is 1. The van der Waals surface area contributed by atoms with Gasteiger partial charge in [-0.05, 0) is 44.4 Å². The second-order valence-electron chi connectivity index (χ2n) is 5.13. The maximum Gasteiger partial charge on any atom is 0.244 e. The van der Waals surface area contributed by atoms with E-state index in [4.69, 9.17) is 0 Å². The monoisotopic (exact) mass is 350 g/mol. The number of rotatable bonds is 6. The molecule has 1 aromatic heterocycles. The van der Waals surface area contributed by atoms with Crippen molar-refractivity contribution in [1.82, 2.24) is 20.1 Å². The molecule has 112 valence electrons. The molecule has 2 rings (SSSR count). The Bertz CT molecular complexity index is 568. The van der Waals surface area contributed by atoms with Gasteiger partial charge in [-0.15, -0.1) is 0 Å². The third-order valence-corrected chi connectivity index (χ3v) is 3.91. The molecule has 1 N–H and O–H groups in total. The molecule has 5 nitrogen and oxygen atoms in total. The molecule has 1 heterocycles. The third kappa shape index (κ3) is 4.67. The van der Waals surface area contributed by atoms with Gasteiger partial charge in [0.05, 0.1) is 0 Å². The third-order valence-electron chi connectivity index (χ3n) is 3.38. The predicted molar refractivity (Wildman–Crippen MR) is 84.8 cm³/mol. The molecule has 2 atom stereocenters. The highest BCUT2D eigenvalue weighted by molar-refractivity contribution is 9.10. The molecule has 0 aliphatic rings. The highest BCUT2D eigenvalue weighted by atomic mass is 79.9. The van der Waals surface area contributed by atoms with Crippen molar-refractivity contribution in [3.8, 4) is 0 Å². The fourth-order valence-electron chi connectivity index (χ4n) is 2.01. The fourth-order valence-corrected chi connectivity index (χ4v) is 2.27. The van der Waals surface area contributed by atoms with Crippen LogP contribution < -0.4 is 5.32 Å². The molecule has 1 amide bonds. The number of amides is 1. The number of aromatic nitrogens is 3. The van der Waals surface area contributed by atoms with Gasteiger partial charge in [0.15, 0.2) is 0 Å². The van der Waals surface area contributed by atoms with Crippen LogP contribution >= 0.6 is 15.9 Å². The second-order valence-corrected chi connectivity index (χ2v) is 6.04. The molecule has 0 aliphatic heterocycles. The first-order valence-corrected chi connectivity index (χ1v) is 7.74. The van der Waals surface area contributed by atoms with Gasteiger partial charge in [-0.25, -0.2) is 9.67 Å². The lowest BCUT2D eigenvalue weighted by Crippen LogP contribution is -2.37. The summed E-state index contributed by atoms with van der Waals surface area (Å²) in [6.45, 7) is 3.83. The molecule has 0 spiro atoms. The quantitative estimate of drug-likeness (QED) is 0.871. The number of carbonyl (C=O) groups is 1. The minimum Gasteiger partial charge on any atom is -0.352 e. The molecular weight excluding hydrogens is 332 g/mol. The highest BCUT2D eigenvalue weighted by Crippen LogP contribution is 2.12.